The molecule has 0 N–H and O–H groups in total. The lowest BCUT2D eigenvalue weighted by Gasteiger charge is -2.11. The number of aromatic nitrogens is 1. The first-order chi connectivity index (χ1) is 21.8. The van der Waals surface area contributed by atoms with E-state index in [0.717, 1.165) is 44.4 Å². The standard InChI is InChI=1S/C28H50NO4S.C7H8O3S/c1-2-3-4-5-6-7-8-9-10-11-12-14-17-26-22-27(32-23-26)24-33-28(30)31-20-16-13-15-18-29-19-21-34-25-29;1-6-2-4-7(5-3-6)11(8,9)10/h19,21,25-27H,2-18,20,22-24H2,1H3;2-5H,1H3,(H,8,9,10)/q+1;/p-1/t26-,27+;/m0./s1. The van der Waals surface area contributed by atoms with Crippen LogP contribution in [0.4, 0.5) is 4.79 Å². The molecule has 0 aliphatic carbocycles. The van der Waals surface area contributed by atoms with Gasteiger partial charge in [0, 0.05) is 6.42 Å². The van der Waals surface area contributed by atoms with Gasteiger partial charge in [-0.05, 0) is 50.7 Å². The molecule has 0 amide bonds. The number of carbonyl (C=O) groups excluding carboxylic acids is 1. The molecule has 1 aromatic carbocycles. The third kappa shape index (κ3) is 20.0. The molecule has 1 aromatic heterocycles. The first kappa shape index (κ1) is 39.2. The van der Waals surface area contributed by atoms with E-state index in [2.05, 4.69) is 28.6 Å². The molecule has 8 nitrogen and oxygen atoms in total. The van der Waals surface area contributed by atoms with Gasteiger partial charge < -0.3 is 18.8 Å². The number of nitrogens with zero attached hydrogens (tertiary/aromatic N) is 1. The SMILES string of the molecule is CCCCCCCCCCCCCC[C@@H]1CO[C@@H](COC(=O)OCCCCC[n+]2ccsc2)C1.Cc1ccc(S(=O)(=O)[O-])cc1. The fourth-order valence-electron chi connectivity index (χ4n) is 5.40. The van der Waals surface area contributed by atoms with E-state index in [4.69, 9.17) is 14.2 Å². The predicted octanol–water partition coefficient (Wildman–Crippen LogP) is 8.75. The molecule has 2 atom stereocenters. The number of benzene rings is 1. The topological polar surface area (TPSA) is 106 Å². The molecule has 256 valence electrons. The molecule has 0 bridgehead atoms. The van der Waals surface area contributed by atoms with Gasteiger partial charge >= 0.3 is 6.16 Å². The van der Waals surface area contributed by atoms with Crippen LogP contribution >= 0.6 is 11.3 Å². The number of hydrogen-bond donors (Lipinski definition) is 0. The molecule has 10 heteroatoms. The maximum absolute atomic E-state index is 11.8. The zero-order valence-electron chi connectivity index (χ0n) is 27.7. The van der Waals surface area contributed by atoms with Crippen LogP contribution in [-0.2, 0) is 30.9 Å². The second-order valence-electron chi connectivity index (χ2n) is 12.2. The molecule has 2 aromatic rings. The molecule has 0 spiro atoms. The average Bonchev–Trinajstić information content (AvgIpc) is 3.71. The molecule has 1 saturated heterocycles. The van der Waals surface area contributed by atoms with Gasteiger partial charge in [0.1, 0.15) is 23.3 Å². The highest BCUT2D eigenvalue weighted by molar-refractivity contribution is 7.85. The summed E-state index contributed by atoms with van der Waals surface area (Å²) in [6.45, 7) is 6.68. The zero-order chi connectivity index (χ0) is 32.6. The largest absolute Gasteiger partial charge is 0.744 e. The van der Waals surface area contributed by atoms with Crippen molar-refractivity contribution >= 4 is 27.6 Å². The number of unbranched alkanes of at least 4 members (excludes halogenated alkanes) is 13. The lowest BCUT2D eigenvalue weighted by atomic mass is 9.97. The van der Waals surface area contributed by atoms with Gasteiger partial charge in [-0.2, -0.15) is 4.57 Å². The van der Waals surface area contributed by atoms with Crippen molar-refractivity contribution in [1.82, 2.24) is 0 Å². The molecule has 1 aliphatic heterocycles. The van der Waals surface area contributed by atoms with E-state index in [0.29, 0.717) is 19.1 Å². The highest BCUT2D eigenvalue weighted by Gasteiger charge is 2.26. The van der Waals surface area contributed by atoms with Gasteiger partial charge in [-0.25, -0.2) is 13.2 Å². The third-order valence-corrected chi connectivity index (χ3v) is 9.66. The summed E-state index contributed by atoms with van der Waals surface area (Å²) in [4.78, 5) is 11.6. The minimum Gasteiger partial charge on any atom is -0.744 e. The summed E-state index contributed by atoms with van der Waals surface area (Å²) in [5, 5.41) is 2.08. The Morgan fingerprint density at radius 3 is 2.13 bits per heavy atom. The van der Waals surface area contributed by atoms with Crippen molar-refractivity contribution in [1.29, 1.82) is 0 Å². The maximum atomic E-state index is 11.8. The second kappa shape index (κ2) is 24.2. The lowest BCUT2D eigenvalue weighted by Crippen LogP contribution is -2.29. The minimum absolute atomic E-state index is 0.0394. The second-order valence-corrected chi connectivity index (χ2v) is 14.4. The third-order valence-electron chi connectivity index (χ3n) is 8.13. The van der Waals surface area contributed by atoms with Crippen LogP contribution in [0.3, 0.4) is 0 Å². The highest BCUT2D eigenvalue weighted by Crippen LogP contribution is 2.25. The maximum Gasteiger partial charge on any atom is 0.508 e. The molecule has 3 rings (SSSR count). The number of thiazole rings is 1. The first-order valence-electron chi connectivity index (χ1n) is 17.1. The lowest BCUT2D eigenvalue weighted by molar-refractivity contribution is -0.692. The Morgan fingerprint density at radius 2 is 1.53 bits per heavy atom. The van der Waals surface area contributed by atoms with Gasteiger partial charge in [-0.3, -0.25) is 0 Å². The number of ether oxygens (including phenoxy) is 3. The molecular weight excluding hydrogens is 611 g/mol. The fraction of sp³-hybridized carbons (Fsp3) is 0.714. The summed E-state index contributed by atoms with van der Waals surface area (Å²) in [6, 6.07) is 5.78. The van der Waals surface area contributed by atoms with Crippen molar-refractivity contribution in [2.24, 2.45) is 5.92 Å². The van der Waals surface area contributed by atoms with Crippen LogP contribution in [0.25, 0.3) is 0 Å². The highest BCUT2D eigenvalue weighted by atomic mass is 32.2. The Balaban J connectivity index is 0.000000537. The Kier molecular flexibility index (Phi) is 21.1. The Morgan fingerprint density at radius 1 is 0.911 bits per heavy atom. The zero-order valence-corrected chi connectivity index (χ0v) is 29.3. The Labute approximate surface area is 276 Å². The van der Waals surface area contributed by atoms with Gasteiger partial charge in [0.15, 0.2) is 6.20 Å². The summed E-state index contributed by atoms with van der Waals surface area (Å²) in [5.74, 6) is 0.619. The molecule has 0 saturated carbocycles. The Bertz CT molecular complexity index is 1110. The van der Waals surface area contributed by atoms with Crippen molar-refractivity contribution in [3.63, 3.8) is 0 Å². The van der Waals surface area contributed by atoms with E-state index in [1.54, 1.807) is 23.5 Å². The van der Waals surface area contributed by atoms with Gasteiger partial charge in [0.25, 0.3) is 0 Å². The van der Waals surface area contributed by atoms with E-state index in [1.165, 1.54) is 95.6 Å². The molecule has 1 fully saturated rings. The van der Waals surface area contributed by atoms with Crippen molar-refractivity contribution in [2.75, 3.05) is 19.8 Å². The van der Waals surface area contributed by atoms with E-state index >= 15 is 0 Å². The number of hydrogen-bond acceptors (Lipinski definition) is 8. The summed E-state index contributed by atoms with van der Waals surface area (Å²) in [6.07, 6.45) is 23.5. The van der Waals surface area contributed by atoms with Gasteiger partial charge in [0.2, 0.25) is 5.51 Å². The smallest absolute Gasteiger partial charge is 0.508 e. The van der Waals surface area contributed by atoms with Crippen LogP contribution in [0.5, 0.6) is 0 Å². The van der Waals surface area contributed by atoms with Gasteiger partial charge in [0.05, 0.1) is 29.6 Å². The number of rotatable bonds is 22. The van der Waals surface area contributed by atoms with Crippen LogP contribution in [-0.4, -0.2) is 45.1 Å². The van der Waals surface area contributed by atoms with Crippen molar-refractivity contribution in [2.45, 2.75) is 141 Å². The van der Waals surface area contributed by atoms with E-state index in [9.17, 15) is 17.8 Å². The van der Waals surface area contributed by atoms with Crippen molar-refractivity contribution in [3.8, 4) is 0 Å². The summed E-state index contributed by atoms with van der Waals surface area (Å²) < 4.78 is 49.6. The summed E-state index contributed by atoms with van der Waals surface area (Å²) in [5.41, 5.74) is 3.04. The molecule has 45 heavy (non-hydrogen) atoms. The summed E-state index contributed by atoms with van der Waals surface area (Å²) >= 11 is 1.70. The number of aryl methyl sites for hydroxylation is 2. The van der Waals surface area contributed by atoms with Crippen molar-refractivity contribution < 1.29 is 36.5 Å². The van der Waals surface area contributed by atoms with Crippen molar-refractivity contribution in [3.05, 3.63) is 46.9 Å². The minimum atomic E-state index is -4.27. The Hall–Kier alpha value is -2.01. The molecule has 1 aliphatic rings. The van der Waals surface area contributed by atoms with Crippen LogP contribution < -0.4 is 4.57 Å². The predicted molar refractivity (Wildman–Crippen MR) is 178 cm³/mol. The molecular formula is C35H57NO7S2. The van der Waals surface area contributed by atoms with Crippen LogP contribution in [0.15, 0.2) is 46.2 Å². The summed E-state index contributed by atoms with van der Waals surface area (Å²) in [7, 11) is -4.27. The molecule has 0 radical (unpaired) electrons. The van der Waals surface area contributed by atoms with Crippen LogP contribution in [0.1, 0.15) is 122 Å². The van der Waals surface area contributed by atoms with Crippen LogP contribution in [0.2, 0.25) is 0 Å². The van der Waals surface area contributed by atoms with Crippen LogP contribution in [0, 0.1) is 12.8 Å². The van der Waals surface area contributed by atoms with Gasteiger partial charge in [-0.15, -0.1) is 0 Å². The van der Waals surface area contributed by atoms with E-state index < -0.39 is 16.3 Å². The van der Waals surface area contributed by atoms with E-state index in [-0.39, 0.29) is 11.0 Å². The normalized spacial score (nSPS) is 16.2. The molecule has 0 unspecified atom stereocenters. The fourth-order valence-corrected chi connectivity index (χ4v) is 6.49. The van der Waals surface area contributed by atoms with Gasteiger partial charge in [-0.1, -0.05) is 113 Å². The average molecular weight is 668 g/mol. The monoisotopic (exact) mass is 667 g/mol. The quantitative estimate of drug-likeness (QED) is 0.0535. The molecule has 2 heterocycles. The van der Waals surface area contributed by atoms with E-state index in [1.807, 2.05) is 6.92 Å². The first-order valence-corrected chi connectivity index (χ1v) is 19.5. The number of carbonyl (C=O) groups is 1.